The molecular formula is C28H26FNO5. The van der Waals surface area contributed by atoms with E-state index in [0.29, 0.717) is 17.9 Å². The second-order valence-corrected chi connectivity index (χ2v) is 8.34. The highest BCUT2D eigenvalue weighted by molar-refractivity contribution is 6.46. The summed E-state index contributed by atoms with van der Waals surface area (Å²) in [5.74, 6) is -1.82. The molecule has 1 saturated heterocycles. The molecule has 0 aromatic heterocycles. The predicted octanol–water partition coefficient (Wildman–Crippen LogP) is 4.78. The number of Topliss-reactive ketones (excluding diaryl/α,β-unsaturated/α-hetero) is 1. The number of methoxy groups -OCH3 is 1. The van der Waals surface area contributed by atoms with Gasteiger partial charge in [-0.3, -0.25) is 9.59 Å². The van der Waals surface area contributed by atoms with Crippen molar-refractivity contribution in [2.24, 2.45) is 0 Å². The Hall–Kier alpha value is -3.97. The van der Waals surface area contributed by atoms with Crippen molar-refractivity contribution in [3.8, 4) is 5.75 Å². The molecule has 1 fully saturated rings. The van der Waals surface area contributed by atoms with E-state index in [2.05, 4.69) is 0 Å². The van der Waals surface area contributed by atoms with Crippen LogP contribution in [0.2, 0.25) is 0 Å². The van der Waals surface area contributed by atoms with Crippen LogP contribution in [-0.4, -0.2) is 42.0 Å². The molecule has 35 heavy (non-hydrogen) atoms. The van der Waals surface area contributed by atoms with Crippen LogP contribution in [0, 0.1) is 12.7 Å². The first-order chi connectivity index (χ1) is 16.9. The van der Waals surface area contributed by atoms with Crippen LogP contribution in [0.25, 0.3) is 5.76 Å². The Bertz CT molecular complexity index is 1250. The minimum Gasteiger partial charge on any atom is -0.507 e. The highest BCUT2D eigenvalue weighted by atomic mass is 19.1. The number of aliphatic hydroxyl groups excluding tert-OH is 1. The van der Waals surface area contributed by atoms with Gasteiger partial charge < -0.3 is 19.5 Å². The van der Waals surface area contributed by atoms with Gasteiger partial charge >= 0.3 is 0 Å². The van der Waals surface area contributed by atoms with Gasteiger partial charge in [-0.15, -0.1) is 0 Å². The number of ketones is 1. The first-order valence-corrected chi connectivity index (χ1v) is 11.2. The first-order valence-electron chi connectivity index (χ1n) is 11.2. The van der Waals surface area contributed by atoms with Crippen molar-refractivity contribution in [3.63, 3.8) is 0 Å². The minimum absolute atomic E-state index is 0.0617. The highest BCUT2D eigenvalue weighted by Gasteiger charge is 2.46. The van der Waals surface area contributed by atoms with Gasteiger partial charge in [0.2, 0.25) is 0 Å². The number of aliphatic hydroxyl groups is 1. The lowest BCUT2D eigenvalue weighted by Crippen LogP contribution is -2.32. The third kappa shape index (κ3) is 5.25. The predicted molar refractivity (Wildman–Crippen MR) is 129 cm³/mol. The number of halogens is 1. The molecule has 0 saturated carbocycles. The number of carbonyl (C=O) groups excluding carboxylic acids is 2. The molecule has 0 aliphatic carbocycles. The Balaban J connectivity index is 1.71. The normalized spacial score (nSPS) is 17.1. The molecule has 1 aliphatic rings. The SMILES string of the molecule is COCCN1C(=O)C(=O)/C(=C(\O)c2ccc(F)cc2)C1c1cccc(OCc2ccc(C)cc2)c1. The van der Waals surface area contributed by atoms with Gasteiger partial charge in [0.05, 0.1) is 18.2 Å². The number of ether oxygens (including phenoxy) is 2. The van der Waals surface area contributed by atoms with Gasteiger partial charge in [-0.2, -0.15) is 0 Å². The summed E-state index contributed by atoms with van der Waals surface area (Å²) in [4.78, 5) is 27.3. The number of hydrogen-bond donors (Lipinski definition) is 1. The van der Waals surface area contributed by atoms with Crippen molar-refractivity contribution in [1.29, 1.82) is 0 Å². The Morgan fingerprint density at radius 1 is 1.03 bits per heavy atom. The molecule has 3 aromatic rings. The fraction of sp³-hybridized carbons (Fsp3) is 0.214. The fourth-order valence-electron chi connectivity index (χ4n) is 4.04. The first kappa shape index (κ1) is 24.2. The van der Waals surface area contributed by atoms with Crippen molar-refractivity contribution in [3.05, 3.63) is 106 Å². The van der Waals surface area contributed by atoms with Crippen LogP contribution in [0.4, 0.5) is 4.39 Å². The molecule has 3 aromatic carbocycles. The number of rotatable bonds is 8. The van der Waals surface area contributed by atoms with Gasteiger partial charge in [0.25, 0.3) is 11.7 Å². The molecule has 6 nitrogen and oxygen atoms in total. The van der Waals surface area contributed by atoms with E-state index in [1.54, 1.807) is 24.3 Å². The lowest BCUT2D eigenvalue weighted by molar-refractivity contribution is -0.140. The standard InChI is InChI=1S/C28H26FNO5/c1-18-6-8-19(9-7-18)17-35-23-5-3-4-21(16-23)25-24(26(31)20-10-12-22(29)13-11-20)27(32)28(33)30(25)14-15-34-2/h3-13,16,25,31H,14-15,17H2,1-2H3/b26-24-. The van der Waals surface area contributed by atoms with Gasteiger partial charge in [-0.05, 0) is 54.4 Å². The van der Waals surface area contributed by atoms with Gasteiger partial charge in [0.1, 0.15) is 23.9 Å². The summed E-state index contributed by atoms with van der Waals surface area (Å²) in [5, 5.41) is 11.0. The molecular weight excluding hydrogens is 449 g/mol. The Morgan fingerprint density at radius 3 is 2.43 bits per heavy atom. The van der Waals surface area contributed by atoms with Gasteiger partial charge in [0, 0.05) is 19.2 Å². The average molecular weight is 476 g/mol. The third-order valence-electron chi connectivity index (χ3n) is 5.89. The zero-order valence-electron chi connectivity index (χ0n) is 19.5. The Labute approximate surface area is 203 Å². The van der Waals surface area contributed by atoms with Crippen LogP contribution in [-0.2, 0) is 20.9 Å². The Kier molecular flexibility index (Phi) is 7.27. The van der Waals surface area contributed by atoms with Crippen molar-refractivity contribution in [1.82, 2.24) is 4.90 Å². The van der Waals surface area contributed by atoms with E-state index in [9.17, 15) is 19.1 Å². The van der Waals surface area contributed by atoms with Crippen LogP contribution in [0.5, 0.6) is 5.75 Å². The molecule has 7 heteroatoms. The summed E-state index contributed by atoms with van der Waals surface area (Å²) in [6, 6.07) is 19.3. The summed E-state index contributed by atoms with van der Waals surface area (Å²) in [6.45, 7) is 2.73. The number of aryl methyl sites for hydroxylation is 1. The lowest BCUT2D eigenvalue weighted by atomic mass is 9.95. The second kappa shape index (κ2) is 10.5. The zero-order chi connectivity index (χ0) is 24.9. The molecule has 1 unspecified atom stereocenters. The quantitative estimate of drug-likeness (QED) is 0.288. The maximum atomic E-state index is 13.4. The zero-order valence-corrected chi connectivity index (χ0v) is 19.5. The number of carbonyl (C=O) groups is 2. The molecule has 0 bridgehead atoms. The smallest absolute Gasteiger partial charge is 0.295 e. The van der Waals surface area contributed by atoms with E-state index in [1.165, 1.54) is 36.3 Å². The molecule has 0 radical (unpaired) electrons. The minimum atomic E-state index is -0.849. The molecule has 180 valence electrons. The van der Waals surface area contributed by atoms with E-state index in [0.717, 1.165) is 11.1 Å². The van der Waals surface area contributed by atoms with E-state index in [4.69, 9.17) is 9.47 Å². The fourth-order valence-corrected chi connectivity index (χ4v) is 4.04. The van der Waals surface area contributed by atoms with Crippen molar-refractivity contribution in [2.45, 2.75) is 19.6 Å². The molecule has 1 heterocycles. The summed E-state index contributed by atoms with van der Waals surface area (Å²) in [5.41, 5.74) is 2.94. The van der Waals surface area contributed by atoms with Crippen LogP contribution in [0.3, 0.4) is 0 Å². The molecule has 1 N–H and O–H groups in total. The third-order valence-corrected chi connectivity index (χ3v) is 5.89. The van der Waals surface area contributed by atoms with Gasteiger partial charge in [-0.25, -0.2) is 4.39 Å². The molecule has 1 amide bonds. The van der Waals surface area contributed by atoms with E-state index in [1.807, 2.05) is 31.2 Å². The Morgan fingerprint density at radius 2 is 1.74 bits per heavy atom. The van der Waals surface area contributed by atoms with Crippen molar-refractivity contribution >= 4 is 17.4 Å². The van der Waals surface area contributed by atoms with Crippen molar-refractivity contribution in [2.75, 3.05) is 20.3 Å². The summed E-state index contributed by atoms with van der Waals surface area (Å²) < 4.78 is 24.5. The molecule has 1 aliphatic heterocycles. The number of nitrogens with zero attached hydrogens (tertiary/aromatic N) is 1. The summed E-state index contributed by atoms with van der Waals surface area (Å²) >= 11 is 0. The summed E-state index contributed by atoms with van der Waals surface area (Å²) in [7, 11) is 1.50. The number of benzene rings is 3. The van der Waals surface area contributed by atoms with Crippen LogP contribution >= 0.6 is 0 Å². The van der Waals surface area contributed by atoms with E-state index < -0.39 is 23.5 Å². The second-order valence-electron chi connectivity index (χ2n) is 8.34. The topological polar surface area (TPSA) is 76.1 Å². The maximum absolute atomic E-state index is 13.4. The van der Waals surface area contributed by atoms with Crippen LogP contribution in [0.15, 0.2) is 78.4 Å². The van der Waals surface area contributed by atoms with Gasteiger partial charge in [0.15, 0.2) is 0 Å². The average Bonchev–Trinajstić information content (AvgIpc) is 3.12. The van der Waals surface area contributed by atoms with Crippen LogP contribution < -0.4 is 4.74 Å². The number of likely N-dealkylation sites (tertiary alicyclic amines) is 1. The van der Waals surface area contributed by atoms with Crippen LogP contribution in [0.1, 0.15) is 28.3 Å². The maximum Gasteiger partial charge on any atom is 0.295 e. The van der Waals surface area contributed by atoms with E-state index >= 15 is 0 Å². The highest BCUT2D eigenvalue weighted by Crippen LogP contribution is 2.40. The summed E-state index contributed by atoms with van der Waals surface area (Å²) in [6.07, 6.45) is 0. The molecule has 4 rings (SSSR count). The van der Waals surface area contributed by atoms with Gasteiger partial charge in [-0.1, -0.05) is 42.0 Å². The monoisotopic (exact) mass is 475 g/mol. The van der Waals surface area contributed by atoms with E-state index in [-0.39, 0.29) is 30.0 Å². The number of amides is 1. The molecule has 0 spiro atoms. The number of hydrogen-bond acceptors (Lipinski definition) is 5. The lowest BCUT2D eigenvalue weighted by Gasteiger charge is -2.25. The largest absolute Gasteiger partial charge is 0.507 e. The molecule has 1 atom stereocenters. The van der Waals surface area contributed by atoms with Crippen molar-refractivity contribution < 1.29 is 28.6 Å².